The van der Waals surface area contributed by atoms with Crippen LogP contribution >= 0.6 is 23.4 Å². The number of aromatic nitrogens is 2. The number of halogens is 2. The molecule has 8 heteroatoms. The van der Waals surface area contributed by atoms with Crippen molar-refractivity contribution in [2.75, 3.05) is 0 Å². The van der Waals surface area contributed by atoms with Crippen LogP contribution in [-0.4, -0.2) is 17.4 Å². The molecule has 1 heterocycles. The van der Waals surface area contributed by atoms with Gasteiger partial charge in [0.15, 0.2) is 5.16 Å². The lowest BCUT2D eigenvalue weighted by atomic mass is 10.2. The minimum Gasteiger partial charge on any atom is -0.222 e. The van der Waals surface area contributed by atoms with Crippen LogP contribution in [0.2, 0.25) is 5.02 Å². The fourth-order valence-electron chi connectivity index (χ4n) is 2.79. The fourth-order valence-corrected chi connectivity index (χ4v) is 5.57. The van der Waals surface area contributed by atoms with Gasteiger partial charge in [-0.3, -0.25) is 0 Å². The molecule has 1 aromatic heterocycles. The molecule has 4 aromatic rings. The monoisotopic (exact) mass is 432 g/mol. The van der Waals surface area contributed by atoms with Crippen LogP contribution in [-0.2, 0) is 15.8 Å². The molecular weight excluding hydrogens is 419 g/mol. The number of para-hydroxylation sites is 2. The number of hydrogen-bond acceptors (Lipinski definition) is 4. The van der Waals surface area contributed by atoms with Gasteiger partial charge in [-0.15, -0.1) is 0 Å². The van der Waals surface area contributed by atoms with Crippen molar-refractivity contribution in [2.45, 2.75) is 15.8 Å². The van der Waals surface area contributed by atoms with Crippen LogP contribution in [0.1, 0.15) is 5.56 Å². The number of nitrogens with zero attached hydrogens (tertiary/aromatic N) is 2. The maximum absolute atomic E-state index is 13.4. The quantitative estimate of drug-likeness (QED) is 0.398. The molecule has 0 fully saturated rings. The van der Waals surface area contributed by atoms with Crippen LogP contribution in [0.15, 0.2) is 82.8 Å². The number of hydrogen-bond donors (Lipinski definition) is 0. The molecule has 0 amide bonds. The van der Waals surface area contributed by atoms with Crippen LogP contribution < -0.4 is 0 Å². The van der Waals surface area contributed by atoms with Gasteiger partial charge in [-0.1, -0.05) is 47.6 Å². The highest BCUT2D eigenvalue weighted by Crippen LogP contribution is 2.31. The number of benzene rings is 3. The second kappa shape index (κ2) is 7.58. The van der Waals surface area contributed by atoms with E-state index in [-0.39, 0.29) is 10.7 Å². The zero-order valence-corrected chi connectivity index (χ0v) is 16.8. The highest BCUT2D eigenvalue weighted by Gasteiger charge is 2.24. The normalized spacial score (nSPS) is 11.8. The van der Waals surface area contributed by atoms with Gasteiger partial charge >= 0.3 is 0 Å². The number of fused-ring (bicyclic) bond motifs is 1. The SMILES string of the molecule is O=S(=O)(c1ccc(Cl)cc1)n1c(SCc2cccc(F)c2)nc2ccccc21. The van der Waals surface area contributed by atoms with Crippen molar-refractivity contribution in [3.8, 4) is 0 Å². The van der Waals surface area contributed by atoms with Gasteiger partial charge in [-0.05, 0) is 54.1 Å². The summed E-state index contributed by atoms with van der Waals surface area (Å²) in [5, 5.41) is 0.774. The molecule has 28 heavy (non-hydrogen) atoms. The van der Waals surface area contributed by atoms with Gasteiger partial charge in [0.2, 0.25) is 0 Å². The van der Waals surface area contributed by atoms with E-state index in [2.05, 4.69) is 4.98 Å². The first-order valence-electron chi connectivity index (χ1n) is 8.31. The topological polar surface area (TPSA) is 52.0 Å². The molecule has 0 spiro atoms. The van der Waals surface area contributed by atoms with Gasteiger partial charge in [-0.25, -0.2) is 21.8 Å². The number of rotatable bonds is 5. The Kier molecular flexibility index (Phi) is 5.14. The van der Waals surface area contributed by atoms with E-state index < -0.39 is 10.0 Å². The van der Waals surface area contributed by atoms with E-state index in [1.165, 1.54) is 52.1 Å². The minimum atomic E-state index is -3.88. The van der Waals surface area contributed by atoms with Gasteiger partial charge in [0.25, 0.3) is 10.0 Å². The lowest BCUT2D eigenvalue weighted by Gasteiger charge is -2.10. The largest absolute Gasteiger partial charge is 0.270 e. The standard InChI is InChI=1S/C20H14ClFN2O2S2/c21-15-8-10-17(11-9-15)28(25,26)24-19-7-2-1-6-18(19)23-20(24)27-13-14-4-3-5-16(22)12-14/h1-12H,13H2. The van der Waals surface area contributed by atoms with Crippen molar-refractivity contribution in [1.29, 1.82) is 0 Å². The molecule has 142 valence electrons. The third-order valence-corrected chi connectivity index (χ3v) is 7.19. The summed E-state index contributed by atoms with van der Waals surface area (Å²) in [7, 11) is -3.88. The van der Waals surface area contributed by atoms with E-state index in [1.807, 2.05) is 0 Å². The summed E-state index contributed by atoms with van der Waals surface area (Å²) in [5.74, 6) is 0.0532. The van der Waals surface area contributed by atoms with Crippen molar-refractivity contribution >= 4 is 44.4 Å². The first-order valence-corrected chi connectivity index (χ1v) is 11.1. The smallest absolute Gasteiger partial charge is 0.222 e. The molecule has 0 bridgehead atoms. The average molecular weight is 433 g/mol. The van der Waals surface area contributed by atoms with Crippen molar-refractivity contribution < 1.29 is 12.8 Å². The van der Waals surface area contributed by atoms with Crippen LogP contribution in [0.4, 0.5) is 4.39 Å². The van der Waals surface area contributed by atoms with Crippen molar-refractivity contribution in [2.24, 2.45) is 0 Å². The van der Waals surface area contributed by atoms with Gasteiger partial charge in [0, 0.05) is 10.8 Å². The lowest BCUT2D eigenvalue weighted by molar-refractivity contribution is 0.584. The Morgan fingerprint density at radius 1 is 1.00 bits per heavy atom. The maximum atomic E-state index is 13.4. The molecule has 4 nitrogen and oxygen atoms in total. The highest BCUT2D eigenvalue weighted by atomic mass is 35.5. The van der Waals surface area contributed by atoms with E-state index >= 15 is 0 Å². The Bertz CT molecular complexity index is 1250. The van der Waals surface area contributed by atoms with E-state index in [0.29, 0.717) is 27.0 Å². The molecule has 4 rings (SSSR count). The molecule has 3 aromatic carbocycles. The molecule has 0 N–H and O–H groups in total. The van der Waals surface area contributed by atoms with Crippen LogP contribution in [0.25, 0.3) is 11.0 Å². The zero-order valence-electron chi connectivity index (χ0n) is 14.4. The van der Waals surface area contributed by atoms with E-state index in [0.717, 1.165) is 5.56 Å². The number of thioether (sulfide) groups is 1. The summed E-state index contributed by atoms with van der Waals surface area (Å²) in [6, 6.07) is 19.2. The third-order valence-electron chi connectivity index (χ3n) is 4.10. The zero-order chi connectivity index (χ0) is 19.7. The Hall–Kier alpha value is -2.35. The number of imidazole rings is 1. The lowest BCUT2D eigenvalue weighted by Crippen LogP contribution is -2.14. The minimum absolute atomic E-state index is 0.118. The predicted molar refractivity (Wildman–Crippen MR) is 110 cm³/mol. The summed E-state index contributed by atoms with van der Waals surface area (Å²) in [4.78, 5) is 4.60. The van der Waals surface area contributed by atoms with Crippen LogP contribution in [0.3, 0.4) is 0 Å². The molecule has 0 radical (unpaired) electrons. The second-order valence-corrected chi connectivity index (χ2v) is 9.19. The summed E-state index contributed by atoms with van der Waals surface area (Å²) in [6.07, 6.45) is 0. The van der Waals surface area contributed by atoms with Crippen LogP contribution in [0, 0.1) is 5.82 Å². The molecule has 0 aliphatic heterocycles. The summed E-state index contributed by atoms with van der Waals surface area (Å²) < 4.78 is 41.3. The highest BCUT2D eigenvalue weighted by molar-refractivity contribution is 7.99. The molecule has 0 aliphatic carbocycles. The molecule has 0 aliphatic rings. The van der Waals surface area contributed by atoms with Crippen molar-refractivity contribution in [3.05, 3.63) is 89.2 Å². The van der Waals surface area contributed by atoms with Crippen molar-refractivity contribution in [3.63, 3.8) is 0 Å². The Labute approximate surface area is 171 Å². The van der Waals surface area contributed by atoms with Gasteiger partial charge < -0.3 is 0 Å². The average Bonchev–Trinajstić information content (AvgIpc) is 3.06. The molecule has 0 saturated carbocycles. The first kappa shape index (κ1) is 19.0. The predicted octanol–water partition coefficient (Wildman–Crippen LogP) is 5.36. The van der Waals surface area contributed by atoms with E-state index in [4.69, 9.17) is 11.6 Å². The van der Waals surface area contributed by atoms with Gasteiger partial charge in [0.1, 0.15) is 5.82 Å². The Morgan fingerprint density at radius 3 is 2.50 bits per heavy atom. The summed E-state index contributed by atoms with van der Waals surface area (Å²) in [5.41, 5.74) is 1.80. The summed E-state index contributed by atoms with van der Waals surface area (Å²) >= 11 is 7.13. The maximum Gasteiger partial charge on any atom is 0.270 e. The first-order chi connectivity index (χ1) is 13.4. The van der Waals surface area contributed by atoms with E-state index in [1.54, 1.807) is 36.4 Å². The molecule has 0 atom stereocenters. The second-order valence-electron chi connectivity index (χ2n) is 6.03. The van der Waals surface area contributed by atoms with Crippen molar-refractivity contribution in [1.82, 2.24) is 8.96 Å². The Morgan fingerprint density at radius 2 is 1.75 bits per heavy atom. The van der Waals surface area contributed by atoms with E-state index in [9.17, 15) is 12.8 Å². The van der Waals surface area contributed by atoms with Gasteiger partial charge in [-0.2, -0.15) is 0 Å². The summed E-state index contributed by atoms with van der Waals surface area (Å²) in [6.45, 7) is 0. The molecular formula is C20H14ClFN2O2S2. The van der Waals surface area contributed by atoms with Gasteiger partial charge in [0.05, 0.1) is 15.9 Å². The molecule has 0 saturated heterocycles. The fraction of sp³-hybridized carbons (Fsp3) is 0.0500. The molecule has 0 unspecified atom stereocenters. The Balaban J connectivity index is 1.80. The third kappa shape index (κ3) is 3.65. The van der Waals surface area contributed by atoms with Crippen LogP contribution in [0.5, 0.6) is 0 Å².